The van der Waals surface area contributed by atoms with E-state index < -0.39 is 0 Å². The second-order valence-corrected chi connectivity index (χ2v) is 5.13. The summed E-state index contributed by atoms with van der Waals surface area (Å²) >= 11 is 0. The summed E-state index contributed by atoms with van der Waals surface area (Å²) in [6.45, 7) is 0.841. The van der Waals surface area contributed by atoms with Crippen LogP contribution in [0.4, 0.5) is 0 Å². The van der Waals surface area contributed by atoms with Gasteiger partial charge in [-0.2, -0.15) is 0 Å². The van der Waals surface area contributed by atoms with Crippen molar-refractivity contribution < 1.29 is 4.74 Å². The molecule has 4 nitrogen and oxygen atoms in total. The minimum absolute atomic E-state index is 0.207. The Balaban J connectivity index is 1.71. The topological polar surface area (TPSA) is 47.0 Å². The minimum atomic E-state index is -0.207. The SMILES string of the molecule is COC(c1ccccc1)c1ncc(CNC2CC2)cn1. The summed E-state index contributed by atoms with van der Waals surface area (Å²) in [6, 6.07) is 10.7. The summed E-state index contributed by atoms with van der Waals surface area (Å²) in [5, 5.41) is 3.46. The van der Waals surface area contributed by atoms with Crippen LogP contribution >= 0.6 is 0 Å². The Morgan fingerprint density at radius 2 is 1.90 bits per heavy atom. The fourth-order valence-corrected chi connectivity index (χ4v) is 2.16. The summed E-state index contributed by atoms with van der Waals surface area (Å²) in [6.07, 6.45) is 6.14. The number of ether oxygens (including phenoxy) is 1. The second kappa shape index (κ2) is 6.11. The lowest BCUT2D eigenvalue weighted by Crippen LogP contribution is -2.16. The molecule has 1 aromatic heterocycles. The average molecular weight is 269 g/mol. The van der Waals surface area contributed by atoms with Gasteiger partial charge in [0.15, 0.2) is 5.82 Å². The van der Waals surface area contributed by atoms with Crippen LogP contribution in [0, 0.1) is 0 Å². The first-order valence-electron chi connectivity index (χ1n) is 6.99. The first-order chi connectivity index (χ1) is 9.86. The van der Waals surface area contributed by atoms with E-state index >= 15 is 0 Å². The fourth-order valence-electron chi connectivity index (χ4n) is 2.16. The van der Waals surface area contributed by atoms with E-state index in [1.807, 2.05) is 42.7 Å². The Kier molecular flexibility index (Phi) is 4.04. The van der Waals surface area contributed by atoms with Crippen LogP contribution in [0.2, 0.25) is 0 Å². The van der Waals surface area contributed by atoms with E-state index in [-0.39, 0.29) is 6.10 Å². The number of aromatic nitrogens is 2. The molecule has 1 aliphatic carbocycles. The number of methoxy groups -OCH3 is 1. The summed E-state index contributed by atoms with van der Waals surface area (Å²) in [5.41, 5.74) is 2.18. The Morgan fingerprint density at radius 3 is 2.50 bits per heavy atom. The highest BCUT2D eigenvalue weighted by atomic mass is 16.5. The van der Waals surface area contributed by atoms with Gasteiger partial charge >= 0.3 is 0 Å². The molecule has 0 aliphatic heterocycles. The molecule has 1 aromatic carbocycles. The molecule has 1 aliphatic rings. The molecule has 0 saturated heterocycles. The van der Waals surface area contributed by atoms with Gasteiger partial charge in [0.05, 0.1) is 0 Å². The zero-order chi connectivity index (χ0) is 13.8. The summed E-state index contributed by atoms with van der Waals surface area (Å²) < 4.78 is 5.53. The molecule has 2 aromatic rings. The third-order valence-corrected chi connectivity index (χ3v) is 3.47. The van der Waals surface area contributed by atoms with Gasteiger partial charge in [-0.1, -0.05) is 30.3 Å². The zero-order valence-electron chi connectivity index (χ0n) is 11.6. The van der Waals surface area contributed by atoms with Crippen molar-refractivity contribution in [3.8, 4) is 0 Å². The first kappa shape index (κ1) is 13.2. The van der Waals surface area contributed by atoms with E-state index in [0.717, 1.165) is 17.7 Å². The molecular formula is C16H19N3O. The number of benzene rings is 1. The van der Waals surface area contributed by atoms with Crippen LogP contribution < -0.4 is 5.32 Å². The Hall–Kier alpha value is -1.78. The van der Waals surface area contributed by atoms with Crippen molar-refractivity contribution in [1.82, 2.24) is 15.3 Å². The molecule has 1 N–H and O–H groups in total. The van der Waals surface area contributed by atoms with Crippen molar-refractivity contribution in [2.24, 2.45) is 0 Å². The third-order valence-electron chi connectivity index (χ3n) is 3.47. The zero-order valence-corrected chi connectivity index (χ0v) is 11.6. The van der Waals surface area contributed by atoms with Crippen LogP contribution in [0.15, 0.2) is 42.7 Å². The molecule has 0 bridgehead atoms. The van der Waals surface area contributed by atoms with Gasteiger partial charge in [0.1, 0.15) is 6.10 Å². The lowest BCUT2D eigenvalue weighted by Gasteiger charge is -2.14. The van der Waals surface area contributed by atoms with Crippen LogP contribution in [0.5, 0.6) is 0 Å². The van der Waals surface area contributed by atoms with Crippen LogP contribution in [0.3, 0.4) is 0 Å². The predicted octanol–water partition coefficient (Wildman–Crippen LogP) is 2.46. The second-order valence-electron chi connectivity index (χ2n) is 5.13. The maximum absolute atomic E-state index is 5.53. The van der Waals surface area contributed by atoms with Crippen LogP contribution in [-0.2, 0) is 11.3 Å². The molecule has 104 valence electrons. The molecule has 1 heterocycles. The number of rotatable bonds is 6. The van der Waals surface area contributed by atoms with Gasteiger partial charge in [-0.15, -0.1) is 0 Å². The number of nitrogens with zero attached hydrogens (tertiary/aromatic N) is 2. The molecule has 0 spiro atoms. The lowest BCUT2D eigenvalue weighted by atomic mass is 10.1. The molecule has 1 fully saturated rings. The van der Waals surface area contributed by atoms with Crippen LogP contribution in [0.25, 0.3) is 0 Å². The normalized spacial score (nSPS) is 16.1. The van der Waals surface area contributed by atoms with E-state index in [2.05, 4.69) is 15.3 Å². The number of nitrogens with one attached hydrogen (secondary N) is 1. The maximum atomic E-state index is 5.53. The monoisotopic (exact) mass is 269 g/mol. The molecule has 1 unspecified atom stereocenters. The minimum Gasteiger partial charge on any atom is -0.369 e. The maximum Gasteiger partial charge on any atom is 0.161 e. The molecule has 4 heteroatoms. The standard InChI is InChI=1S/C16H19N3O/c1-20-15(13-5-3-2-4-6-13)16-18-10-12(11-19-16)9-17-14-7-8-14/h2-6,10-11,14-15,17H,7-9H2,1H3. The average Bonchev–Trinajstić information content (AvgIpc) is 3.33. The summed E-state index contributed by atoms with van der Waals surface area (Å²) in [4.78, 5) is 8.90. The van der Waals surface area contributed by atoms with Gasteiger partial charge in [0, 0.05) is 37.7 Å². The van der Waals surface area contributed by atoms with E-state index in [0.29, 0.717) is 11.9 Å². The van der Waals surface area contributed by atoms with Crippen molar-refractivity contribution in [3.05, 3.63) is 59.7 Å². The number of hydrogen-bond donors (Lipinski definition) is 1. The van der Waals surface area contributed by atoms with Crippen molar-refractivity contribution in [2.45, 2.75) is 31.5 Å². The molecule has 1 atom stereocenters. The smallest absolute Gasteiger partial charge is 0.161 e. The molecule has 1 saturated carbocycles. The summed E-state index contributed by atoms with van der Waals surface area (Å²) in [5.74, 6) is 0.703. The fraction of sp³-hybridized carbons (Fsp3) is 0.375. The van der Waals surface area contributed by atoms with Gasteiger partial charge < -0.3 is 10.1 Å². The lowest BCUT2D eigenvalue weighted by molar-refractivity contribution is 0.129. The Bertz CT molecular complexity index is 537. The molecule has 0 amide bonds. The molecular weight excluding hydrogens is 250 g/mol. The van der Waals surface area contributed by atoms with E-state index in [1.165, 1.54) is 12.8 Å². The molecule has 20 heavy (non-hydrogen) atoms. The van der Waals surface area contributed by atoms with Crippen molar-refractivity contribution in [3.63, 3.8) is 0 Å². The highest BCUT2D eigenvalue weighted by Gasteiger charge is 2.20. The van der Waals surface area contributed by atoms with Crippen molar-refractivity contribution >= 4 is 0 Å². The quantitative estimate of drug-likeness (QED) is 0.875. The third kappa shape index (κ3) is 3.21. The molecule has 0 radical (unpaired) electrons. The Morgan fingerprint density at radius 1 is 1.20 bits per heavy atom. The van der Waals surface area contributed by atoms with Crippen LogP contribution in [-0.4, -0.2) is 23.1 Å². The number of hydrogen-bond acceptors (Lipinski definition) is 4. The van der Waals surface area contributed by atoms with Gasteiger partial charge in [0.25, 0.3) is 0 Å². The van der Waals surface area contributed by atoms with Gasteiger partial charge in [-0.25, -0.2) is 9.97 Å². The van der Waals surface area contributed by atoms with E-state index in [9.17, 15) is 0 Å². The highest BCUT2D eigenvalue weighted by molar-refractivity contribution is 5.23. The Labute approximate surface area is 119 Å². The highest BCUT2D eigenvalue weighted by Crippen LogP contribution is 2.22. The van der Waals surface area contributed by atoms with Gasteiger partial charge in [-0.3, -0.25) is 0 Å². The van der Waals surface area contributed by atoms with E-state index in [4.69, 9.17) is 4.74 Å². The molecule has 3 rings (SSSR count). The first-order valence-corrected chi connectivity index (χ1v) is 6.99. The van der Waals surface area contributed by atoms with Gasteiger partial charge in [0.2, 0.25) is 0 Å². The van der Waals surface area contributed by atoms with E-state index in [1.54, 1.807) is 7.11 Å². The summed E-state index contributed by atoms with van der Waals surface area (Å²) in [7, 11) is 1.68. The van der Waals surface area contributed by atoms with Gasteiger partial charge in [-0.05, 0) is 18.4 Å². The largest absolute Gasteiger partial charge is 0.369 e. The van der Waals surface area contributed by atoms with Crippen molar-refractivity contribution in [1.29, 1.82) is 0 Å². The predicted molar refractivity (Wildman–Crippen MR) is 77.2 cm³/mol. The van der Waals surface area contributed by atoms with Crippen LogP contribution in [0.1, 0.15) is 35.9 Å². The van der Waals surface area contributed by atoms with Crippen molar-refractivity contribution in [2.75, 3.05) is 7.11 Å².